The molecular formula is C40H31ClN2O3S. The van der Waals surface area contributed by atoms with Crippen molar-refractivity contribution in [1.29, 1.82) is 0 Å². The van der Waals surface area contributed by atoms with E-state index in [1.54, 1.807) is 0 Å². The number of rotatable bonds is 7. The summed E-state index contributed by atoms with van der Waals surface area (Å²) in [6.07, 6.45) is 3.62. The Kier molecular flexibility index (Phi) is 7.76. The van der Waals surface area contributed by atoms with Crippen LogP contribution in [0.2, 0.25) is 5.02 Å². The van der Waals surface area contributed by atoms with Gasteiger partial charge in [0.15, 0.2) is 16.3 Å². The smallest absolute Gasteiger partial charge is 0.271 e. The van der Waals surface area contributed by atoms with Gasteiger partial charge >= 0.3 is 0 Å². The Balaban J connectivity index is 1.20. The number of thiazole rings is 1. The van der Waals surface area contributed by atoms with Crippen molar-refractivity contribution < 1.29 is 9.47 Å². The van der Waals surface area contributed by atoms with Gasteiger partial charge in [-0.2, -0.15) is 0 Å². The van der Waals surface area contributed by atoms with Crippen molar-refractivity contribution in [1.82, 2.24) is 4.57 Å². The lowest BCUT2D eigenvalue weighted by Crippen LogP contribution is -2.38. The number of nitrogens with zero attached hydrogens (tertiary/aromatic N) is 2. The average molecular weight is 655 g/mol. The van der Waals surface area contributed by atoms with E-state index in [-0.39, 0.29) is 11.6 Å². The fourth-order valence-electron chi connectivity index (χ4n) is 6.72. The van der Waals surface area contributed by atoms with Crippen LogP contribution in [0.1, 0.15) is 47.2 Å². The van der Waals surface area contributed by atoms with Crippen LogP contribution in [0, 0.1) is 0 Å². The molecule has 7 heteroatoms. The van der Waals surface area contributed by atoms with Gasteiger partial charge in [0.2, 0.25) is 0 Å². The summed E-state index contributed by atoms with van der Waals surface area (Å²) < 4.78 is 14.8. The van der Waals surface area contributed by atoms with Crippen LogP contribution in [0.4, 0.5) is 0 Å². The van der Waals surface area contributed by atoms with Crippen LogP contribution in [0.3, 0.4) is 0 Å². The zero-order valence-electron chi connectivity index (χ0n) is 25.8. The molecule has 0 unspecified atom stereocenters. The fourth-order valence-corrected chi connectivity index (χ4v) is 7.96. The van der Waals surface area contributed by atoms with E-state index in [1.165, 1.54) is 27.7 Å². The molecule has 0 saturated heterocycles. The van der Waals surface area contributed by atoms with E-state index in [2.05, 4.69) is 54.6 Å². The lowest BCUT2D eigenvalue weighted by molar-refractivity contribution is 0.270. The molecule has 2 aliphatic rings. The Hall–Kier alpha value is -4.91. The topological polar surface area (TPSA) is 52.8 Å². The molecule has 1 aromatic heterocycles. The van der Waals surface area contributed by atoms with Crippen molar-refractivity contribution >= 4 is 45.5 Å². The van der Waals surface area contributed by atoms with Gasteiger partial charge in [-0.25, -0.2) is 4.99 Å². The third-order valence-electron chi connectivity index (χ3n) is 8.90. The number of ether oxygens (including phenoxy) is 2. The van der Waals surface area contributed by atoms with Crippen molar-refractivity contribution in [2.75, 3.05) is 6.61 Å². The molecule has 5 aromatic carbocycles. The van der Waals surface area contributed by atoms with Crippen LogP contribution in [-0.2, 0) is 13.0 Å². The van der Waals surface area contributed by atoms with Gasteiger partial charge in [0, 0.05) is 10.6 Å². The van der Waals surface area contributed by atoms with Crippen LogP contribution in [0.15, 0.2) is 125 Å². The predicted molar refractivity (Wildman–Crippen MR) is 190 cm³/mol. The molecule has 0 bridgehead atoms. The van der Waals surface area contributed by atoms with Gasteiger partial charge in [-0.1, -0.05) is 114 Å². The molecule has 0 amide bonds. The Bertz CT molecular complexity index is 2380. The molecule has 0 saturated carbocycles. The van der Waals surface area contributed by atoms with Gasteiger partial charge in [-0.3, -0.25) is 9.36 Å². The van der Waals surface area contributed by atoms with Gasteiger partial charge in [0.05, 0.1) is 22.9 Å². The number of aromatic nitrogens is 1. The summed E-state index contributed by atoms with van der Waals surface area (Å²) in [6.45, 7) is 2.85. The molecule has 8 rings (SSSR count). The lowest BCUT2D eigenvalue weighted by Gasteiger charge is -2.31. The summed E-state index contributed by atoms with van der Waals surface area (Å²) in [5.41, 5.74) is 7.27. The van der Waals surface area contributed by atoms with Crippen molar-refractivity contribution in [2.45, 2.75) is 32.4 Å². The molecule has 6 aromatic rings. The zero-order valence-corrected chi connectivity index (χ0v) is 27.4. The largest absolute Gasteiger partial charge is 0.490 e. The van der Waals surface area contributed by atoms with Crippen molar-refractivity contribution in [3.8, 4) is 11.5 Å². The van der Waals surface area contributed by atoms with Crippen LogP contribution in [0.25, 0.3) is 22.5 Å². The third kappa shape index (κ3) is 5.37. The van der Waals surface area contributed by atoms with Gasteiger partial charge < -0.3 is 9.47 Å². The van der Waals surface area contributed by atoms with Crippen LogP contribution in [0.5, 0.6) is 11.5 Å². The maximum Gasteiger partial charge on any atom is 0.271 e. The minimum Gasteiger partial charge on any atom is -0.490 e. The minimum atomic E-state index is -0.325. The summed E-state index contributed by atoms with van der Waals surface area (Å²) in [4.78, 5) is 20.0. The van der Waals surface area contributed by atoms with Crippen molar-refractivity contribution in [3.63, 3.8) is 0 Å². The number of hydrogen-bond donors (Lipinski definition) is 0. The molecule has 0 radical (unpaired) electrons. The highest BCUT2D eigenvalue weighted by Crippen LogP contribution is 2.42. The monoisotopic (exact) mass is 654 g/mol. The SMILES string of the molecule is CCOc1cc(/C=c2/sc3n(c2=O)[C@H](c2ccccc2Cl)C2=C(N=3)c3ccccc3CC2)ccc1OCc1cccc2ccccc12. The molecule has 0 fully saturated rings. The summed E-state index contributed by atoms with van der Waals surface area (Å²) in [7, 11) is 0. The zero-order chi connectivity index (χ0) is 31.9. The fraction of sp³-hybridized carbons (Fsp3) is 0.150. The molecular weight excluding hydrogens is 624 g/mol. The molecule has 47 heavy (non-hydrogen) atoms. The second-order valence-corrected chi connectivity index (χ2v) is 13.1. The van der Waals surface area contributed by atoms with Gasteiger partial charge in [-0.15, -0.1) is 0 Å². The summed E-state index contributed by atoms with van der Waals surface area (Å²) in [6, 6.07) is 36.3. The highest BCUT2D eigenvalue weighted by molar-refractivity contribution is 7.07. The van der Waals surface area contributed by atoms with Gasteiger partial charge in [0.1, 0.15) is 6.61 Å². The second-order valence-electron chi connectivity index (χ2n) is 11.7. The van der Waals surface area contributed by atoms with Gasteiger partial charge in [-0.05, 0) is 82.6 Å². The van der Waals surface area contributed by atoms with E-state index < -0.39 is 0 Å². The maximum atomic E-state index is 14.2. The number of hydrogen-bond acceptors (Lipinski definition) is 5. The Morgan fingerprint density at radius 3 is 2.60 bits per heavy atom. The molecule has 5 nitrogen and oxygen atoms in total. The standard InChI is InChI=1S/C40H31ClN2O3S/c1-2-45-35-22-25(18-21-34(35)46-24-28-13-9-12-26-10-3-5-14-29(26)28)23-36-39(44)43-38(31-16-7-8-17-33(31)41)32-20-19-27-11-4-6-15-30(27)37(32)42-40(43)47-36/h3-18,21-23,38H,2,19-20,24H2,1H3/b36-23+/t38-/m1/s1. The first-order chi connectivity index (χ1) is 23.1. The van der Waals surface area contributed by atoms with Crippen LogP contribution < -0.4 is 24.4 Å². The summed E-state index contributed by atoms with van der Waals surface area (Å²) >= 11 is 8.20. The molecule has 1 aliphatic heterocycles. The first-order valence-electron chi connectivity index (χ1n) is 15.8. The molecule has 0 N–H and O–H groups in total. The first-order valence-corrected chi connectivity index (χ1v) is 17.0. The number of allylic oxidation sites excluding steroid dienone is 1. The molecule has 0 spiro atoms. The quantitative estimate of drug-likeness (QED) is 0.175. The minimum absolute atomic E-state index is 0.0849. The summed E-state index contributed by atoms with van der Waals surface area (Å²) in [5, 5.41) is 2.98. The molecule has 2 heterocycles. The molecule has 232 valence electrons. The van der Waals surface area contributed by atoms with E-state index in [4.69, 9.17) is 26.1 Å². The third-order valence-corrected chi connectivity index (χ3v) is 10.2. The van der Waals surface area contributed by atoms with E-state index in [0.717, 1.165) is 46.4 Å². The second kappa shape index (κ2) is 12.4. The van der Waals surface area contributed by atoms with E-state index in [9.17, 15) is 4.79 Å². The normalized spacial score (nSPS) is 15.5. The Morgan fingerprint density at radius 1 is 0.894 bits per heavy atom. The predicted octanol–water partition coefficient (Wildman–Crippen LogP) is 8.10. The molecule has 1 atom stereocenters. The van der Waals surface area contributed by atoms with E-state index in [0.29, 0.717) is 39.1 Å². The highest BCUT2D eigenvalue weighted by Gasteiger charge is 2.33. The van der Waals surface area contributed by atoms with Crippen molar-refractivity contribution in [2.24, 2.45) is 4.99 Å². The number of halogens is 1. The number of aryl methyl sites for hydroxylation is 1. The van der Waals surface area contributed by atoms with E-state index >= 15 is 0 Å². The molecule has 1 aliphatic carbocycles. The van der Waals surface area contributed by atoms with Gasteiger partial charge in [0.25, 0.3) is 5.56 Å². The summed E-state index contributed by atoms with van der Waals surface area (Å²) in [5.74, 6) is 1.29. The van der Waals surface area contributed by atoms with E-state index in [1.807, 2.05) is 72.2 Å². The van der Waals surface area contributed by atoms with Crippen LogP contribution in [-0.4, -0.2) is 11.2 Å². The number of benzene rings is 5. The average Bonchev–Trinajstić information content (AvgIpc) is 3.41. The first kappa shape index (κ1) is 29.5. The number of fused-ring (bicyclic) bond motifs is 4. The lowest BCUT2D eigenvalue weighted by atomic mass is 9.83. The van der Waals surface area contributed by atoms with Crippen molar-refractivity contribution in [3.05, 3.63) is 167 Å². The maximum absolute atomic E-state index is 14.2. The Morgan fingerprint density at radius 2 is 1.70 bits per heavy atom. The highest BCUT2D eigenvalue weighted by atomic mass is 35.5. The van der Waals surface area contributed by atoms with Crippen LogP contribution >= 0.6 is 22.9 Å². The Labute approximate surface area is 281 Å².